The Kier molecular flexibility index (Phi) is 7.67. The number of thiazole rings is 1. The number of ether oxygens (including phenoxy) is 1. The number of aliphatic imine (C=N–C) groups is 1. The predicted octanol–water partition coefficient (Wildman–Crippen LogP) is 5.08. The van der Waals surface area contributed by atoms with Gasteiger partial charge in [0.25, 0.3) is 0 Å². The number of halogens is 3. The molecule has 1 aromatic heterocycles. The van der Waals surface area contributed by atoms with Crippen LogP contribution >= 0.6 is 50.8 Å². The standard InChI is InChI=1S/C21H19BrClFN4O2S2/c1-30-18(29)11-32-27-13-9-17-15(4-5-22)19(14-3-2-12(24)8-16(14)23)26-20(28(17)10-13)21-25-6-7-31-21/h2-8,13,19,27H,9-11H2,1H3/b5-4+/t13?,19-/m0/s1. The molecular formula is C21H19BrClFN4O2S2. The fraction of sp³-hybridized carbons (Fsp3) is 0.286. The third kappa shape index (κ3) is 4.94. The third-order valence-corrected chi connectivity index (χ3v) is 7.34. The largest absolute Gasteiger partial charge is 0.468 e. The van der Waals surface area contributed by atoms with E-state index in [1.165, 1.54) is 42.5 Å². The molecule has 0 spiro atoms. The summed E-state index contributed by atoms with van der Waals surface area (Å²) in [5.41, 5.74) is 2.78. The Balaban J connectivity index is 1.72. The van der Waals surface area contributed by atoms with Gasteiger partial charge in [0, 0.05) is 46.9 Å². The van der Waals surface area contributed by atoms with Crippen molar-refractivity contribution >= 4 is 62.6 Å². The topological polar surface area (TPSA) is 66.8 Å². The summed E-state index contributed by atoms with van der Waals surface area (Å²) in [5, 5.41) is 3.04. The molecule has 1 saturated heterocycles. The molecule has 0 aliphatic carbocycles. The van der Waals surface area contributed by atoms with Crippen molar-refractivity contribution in [2.24, 2.45) is 4.99 Å². The lowest BCUT2D eigenvalue weighted by atomic mass is 9.94. The van der Waals surface area contributed by atoms with Crippen LogP contribution in [0.5, 0.6) is 0 Å². The van der Waals surface area contributed by atoms with Gasteiger partial charge in [-0.1, -0.05) is 45.5 Å². The zero-order valence-electron chi connectivity index (χ0n) is 16.9. The number of hydrogen-bond acceptors (Lipinski definition) is 8. The number of carbonyl (C=O) groups excluding carboxylic acids is 1. The fourth-order valence-electron chi connectivity index (χ4n) is 3.72. The van der Waals surface area contributed by atoms with E-state index in [2.05, 4.69) is 30.5 Å². The van der Waals surface area contributed by atoms with Gasteiger partial charge < -0.3 is 9.64 Å². The van der Waals surface area contributed by atoms with Crippen LogP contribution in [0.15, 0.2) is 57.1 Å². The fourth-order valence-corrected chi connectivity index (χ4v) is 5.63. The van der Waals surface area contributed by atoms with Crippen molar-refractivity contribution in [1.29, 1.82) is 0 Å². The number of esters is 1. The first-order valence-electron chi connectivity index (χ1n) is 9.66. The number of rotatable bonds is 7. The molecule has 2 aromatic rings. The molecule has 2 atom stereocenters. The molecule has 0 saturated carbocycles. The maximum Gasteiger partial charge on any atom is 0.316 e. The number of nitrogens with one attached hydrogen (secondary N) is 1. The summed E-state index contributed by atoms with van der Waals surface area (Å²) < 4.78 is 21.8. The lowest BCUT2D eigenvalue weighted by molar-refractivity contribution is -0.137. The maximum absolute atomic E-state index is 13.7. The van der Waals surface area contributed by atoms with Gasteiger partial charge in [-0.25, -0.2) is 9.37 Å². The Morgan fingerprint density at radius 1 is 1.53 bits per heavy atom. The summed E-state index contributed by atoms with van der Waals surface area (Å²) in [5.74, 6) is 0.311. The normalized spacial score (nSPS) is 20.6. The number of methoxy groups -OCH3 is 1. The van der Waals surface area contributed by atoms with Gasteiger partial charge in [-0.2, -0.15) is 0 Å². The van der Waals surface area contributed by atoms with Crippen LogP contribution in [-0.2, 0) is 9.53 Å². The second kappa shape index (κ2) is 10.5. The van der Waals surface area contributed by atoms with Gasteiger partial charge in [0.1, 0.15) is 17.6 Å². The number of fused-ring (bicyclic) bond motifs is 1. The van der Waals surface area contributed by atoms with E-state index in [1.54, 1.807) is 17.2 Å². The van der Waals surface area contributed by atoms with E-state index in [-0.39, 0.29) is 17.8 Å². The summed E-state index contributed by atoms with van der Waals surface area (Å²) >= 11 is 12.7. The molecular weight excluding hydrogens is 539 g/mol. The zero-order chi connectivity index (χ0) is 22.7. The number of benzene rings is 1. The van der Waals surface area contributed by atoms with Crippen molar-refractivity contribution in [3.63, 3.8) is 0 Å². The first-order chi connectivity index (χ1) is 15.5. The molecule has 1 N–H and O–H groups in total. The van der Waals surface area contributed by atoms with E-state index >= 15 is 0 Å². The van der Waals surface area contributed by atoms with E-state index < -0.39 is 11.9 Å². The second-order valence-corrected chi connectivity index (χ2v) is 9.69. The highest BCUT2D eigenvalue weighted by Crippen LogP contribution is 2.43. The second-order valence-electron chi connectivity index (χ2n) is 7.05. The first-order valence-corrected chi connectivity index (χ1v) is 12.8. The molecule has 1 fully saturated rings. The highest BCUT2D eigenvalue weighted by atomic mass is 79.9. The molecule has 0 radical (unpaired) electrons. The molecule has 32 heavy (non-hydrogen) atoms. The van der Waals surface area contributed by atoms with Crippen LogP contribution < -0.4 is 4.72 Å². The minimum atomic E-state index is -0.400. The molecule has 1 aromatic carbocycles. The number of carbonyl (C=O) groups is 1. The number of amidine groups is 1. The van der Waals surface area contributed by atoms with Crippen molar-refractivity contribution in [2.75, 3.05) is 19.4 Å². The first kappa shape index (κ1) is 23.4. The van der Waals surface area contributed by atoms with E-state index in [1.807, 2.05) is 11.5 Å². The average molecular weight is 558 g/mol. The molecule has 2 aliphatic heterocycles. The van der Waals surface area contributed by atoms with Crippen molar-refractivity contribution in [2.45, 2.75) is 18.5 Å². The van der Waals surface area contributed by atoms with Gasteiger partial charge in [0.15, 0.2) is 10.8 Å². The van der Waals surface area contributed by atoms with Crippen molar-refractivity contribution in [3.8, 4) is 0 Å². The SMILES string of the molecule is COC(=O)CSNC1CC2=C(/C=C/Br)[C@H](c3ccc(F)cc3Cl)N=C(c3nccs3)N2C1. The average Bonchev–Trinajstić information content (AvgIpc) is 3.45. The molecule has 3 heterocycles. The number of aromatic nitrogens is 1. The van der Waals surface area contributed by atoms with Gasteiger partial charge in [-0.15, -0.1) is 11.3 Å². The highest BCUT2D eigenvalue weighted by molar-refractivity contribution is 9.11. The lowest BCUT2D eigenvalue weighted by Crippen LogP contribution is -2.35. The minimum absolute atomic E-state index is 0.0889. The smallest absolute Gasteiger partial charge is 0.316 e. The molecule has 6 nitrogen and oxygen atoms in total. The number of nitrogens with zero attached hydrogens (tertiary/aromatic N) is 3. The molecule has 0 amide bonds. The van der Waals surface area contributed by atoms with Gasteiger partial charge in [-0.05, 0) is 28.8 Å². The zero-order valence-corrected chi connectivity index (χ0v) is 20.9. The van der Waals surface area contributed by atoms with Crippen LogP contribution in [0.2, 0.25) is 5.02 Å². The molecule has 1 unspecified atom stereocenters. The molecule has 0 bridgehead atoms. The van der Waals surface area contributed by atoms with E-state index in [9.17, 15) is 9.18 Å². The minimum Gasteiger partial charge on any atom is -0.468 e. The Labute approximate surface area is 206 Å². The van der Waals surface area contributed by atoms with E-state index in [0.29, 0.717) is 11.6 Å². The van der Waals surface area contributed by atoms with Crippen LogP contribution in [0.25, 0.3) is 0 Å². The summed E-state index contributed by atoms with van der Waals surface area (Å²) in [6.45, 7) is 0.672. The third-order valence-electron chi connectivity index (χ3n) is 5.09. The van der Waals surface area contributed by atoms with Crippen molar-refractivity contribution < 1.29 is 13.9 Å². The van der Waals surface area contributed by atoms with E-state index in [0.717, 1.165) is 34.1 Å². The summed E-state index contributed by atoms with van der Waals surface area (Å²) in [7, 11) is 1.37. The summed E-state index contributed by atoms with van der Waals surface area (Å²) in [6.07, 6.45) is 4.43. The molecule has 11 heteroatoms. The Hall–Kier alpha value is -1.72. The van der Waals surface area contributed by atoms with Crippen LogP contribution in [0, 0.1) is 5.82 Å². The quantitative estimate of drug-likeness (QED) is 0.378. The van der Waals surface area contributed by atoms with Crippen LogP contribution in [0.4, 0.5) is 4.39 Å². The van der Waals surface area contributed by atoms with Crippen LogP contribution in [0.1, 0.15) is 23.0 Å². The number of hydrogen-bond donors (Lipinski definition) is 1. The van der Waals surface area contributed by atoms with Crippen LogP contribution in [0.3, 0.4) is 0 Å². The van der Waals surface area contributed by atoms with E-state index in [4.69, 9.17) is 21.3 Å². The predicted molar refractivity (Wildman–Crippen MR) is 131 cm³/mol. The molecule has 4 rings (SSSR count). The monoisotopic (exact) mass is 556 g/mol. The molecule has 2 aliphatic rings. The summed E-state index contributed by atoms with van der Waals surface area (Å²) in [6, 6.07) is 4.08. The van der Waals surface area contributed by atoms with Gasteiger partial charge in [0.2, 0.25) is 0 Å². The van der Waals surface area contributed by atoms with Gasteiger partial charge in [0.05, 0.1) is 7.11 Å². The Morgan fingerprint density at radius 3 is 3.06 bits per heavy atom. The Bertz CT molecular complexity index is 1090. The lowest BCUT2D eigenvalue weighted by Gasteiger charge is -2.31. The molecule has 168 valence electrons. The van der Waals surface area contributed by atoms with Crippen LogP contribution in [-0.4, -0.2) is 47.1 Å². The summed E-state index contributed by atoms with van der Waals surface area (Å²) in [4.78, 5) is 24.9. The van der Waals surface area contributed by atoms with Crippen molar-refractivity contribution in [3.05, 3.63) is 73.5 Å². The highest BCUT2D eigenvalue weighted by Gasteiger charge is 2.38. The Morgan fingerprint density at radius 2 is 2.38 bits per heavy atom. The maximum atomic E-state index is 13.7. The van der Waals surface area contributed by atoms with Gasteiger partial charge >= 0.3 is 5.97 Å². The van der Waals surface area contributed by atoms with Gasteiger partial charge in [-0.3, -0.25) is 14.5 Å². The van der Waals surface area contributed by atoms with Crippen molar-refractivity contribution in [1.82, 2.24) is 14.6 Å².